The highest BCUT2D eigenvalue weighted by molar-refractivity contribution is 6.22. The zero-order chi connectivity index (χ0) is 11.3. The molecular formula is C10H15ClF3N. The standard InChI is InChI=1S/C10H15ClF3N/c1-2-6-5-15-7(6)8(11)9(3-4-9)10(12,13)14/h6-8,15H,2-5H2,1H3/t6-,7+,8-/m1/s1. The van der Waals surface area contributed by atoms with Crippen molar-refractivity contribution in [3.8, 4) is 0 Å². The lowest BCUT2D eigenvalue weighted by Crippen LogP contribution is -2.60. The van der Waals surface area contributed by atoms with Crippen molar-refractivity contribution < 1.29 is 13.2 Å². The second kappa shape index (κ2) is 3.52. The molecule has 2 fully saturated rings. The SMILES string of the molecule is CC[C@@H]1CN[C@@H]1[C@@H](Cl)C1(C(F)(F)F)CC1. The van der Waals surface area contributed by atoms with E-state index in [-0.39, 0.29) is 18.9 Å². The van der Waals surface area contributed by atoms with Gasteiger partial charge in [0.05, 0.1) is 10.8 Å². The maximum Gasteiger partial charge on any atom is 0.395 e. The molecule has 0 bridgehead atoms. The van der Waals surface area contributed by atoms with Gasteiger partial charge in [-0.2, -0.15) is 13.2 Å². The van der Waals surface area contributed by atoms with Crippen molar-refractivity contribution in [3.05, 3.63) is 0 Å². The second-order valence-corrected chi connectivity index (χ2v) is 5.13. The predicted molar refractivity (Wildman–Crippen MR) is 52.9 cm³/mol. The van der Waals surface area contributed by atoms with Crippen molar-refractivity contribution in [2.24, 2.45) is 11.3 Å². The summed E-state index contributed by atoms with van der Waals surface area (Å²) in [4.78, 5) is 0. The second-order valence-electron chi connectivity index (χ2n) is 4.66. The van der Waals surface area contributed by atoms with Gasteiger partial charge in [-0.15, -0.1) is 11.6 Å². The summed E-state index contributed by atoms with van der Waals surface area (Å²) in [6.07, 6.45) is -2.86. The zero-order valence-corrected chi connectivity index (χ0v) is 9.33. The molecule has 5 heteroatoms. The summed E-state index contributed by atoms with van der Waals surface area (Å²) < 4.78 is 38.4. The lowest BCUT2D eigenvalue weighted by Gasteiger charge is -2.43. The molecule has 1 nitrogen and oxygen atoms in total. The van der Waals surface area contributed by atoms with Crippen LogP contribution < -0.4 is 5.32 Å². The highest BCUT2D eigenvalue weighted by atomic mass is 35.5. The van der Waals surface area contributed by atoms with Gasteiger partial charge in [0, 0.05) is 6.04 Å². The van der Waals surface area contributed by atoms with Crippen LogP contribution in [0.2, 0.25) is 0 Å². The lowest BCUT2D eigenvalue weighted by molar-refractivity contribution is -0.191. The Labute approximate surface area is 92.4 Å². The van der Waals surface area contributed by atoms with Gasteiger partial charge in [0.25, 0.3) is 0 Å². The van der Waals surface area contributed by atoms with E-state index >= 15 is 0 Å². The Morgan fingerprint density at radius 1 is 1.47 bits per heavy atom. The molecule has 1 heterocycles. The first kappa shape index (κ1) is 11.5. The first-order chi connectivity index (χ1) is 6.92. The molecule has 0 spiro atoms. The van der Waals surface area contributed by atoms with Crippen LogP contribution in [0, 0.1) is 11.3 Å². The van der Waals surface area contributed by atoms with Gasteiger partial charge < -0.3 is 5.32 Å². The lowest BCUT2D eigenvalue weighted by atomic mass is 9.81. The van der Waals surface area contributed by atoms with E-state index in [1.54, 1.807) is 0 Å². The maximum atomic E-state index is 12.8. The molecule has 3 atom stereocenters. The summed E-state index contributed by atoms with van der Waals surface area (Å²) in [5, 5.41) is 2.24. The van der Waals surface area contributed by atoms with Crippen LogP contribution in [0.25, 0.3) is 0 Å². The van der Waals surface area contributed by atoms with Gasteiger partial charge in [-0.3, -0.25) is 0 Å². The van der Waals surface area contributed by atoms with Crippen LogP contribution in [0.4, 0.5) is 13.2 Å². The van der Waals surface area contributed by atoms with Gasteiger partial charge in [0.2, 0.25) is 0 Å². The quantitative estimate of drug-likeness (QED) is 0.750. The van der Waals surface area contributed by atoms with Crippen molar-refractivity contribution in [1.82, 2.24) is 5.32 Å². The fraction of sp³-hybridized carbons (Fsp3) is 1.00. The summed E-state index contributed by atoms with van der Waals surface area (Å²) in [6, 6.07) is -0.152. The monoisotopic (exact) mass is 241 g/mol. The number of halogens is 4. The average molecular weight is 242 g/mol. The molecule has 0 aromatic heterocycles. The Morgan fingerprint density at radius 3 is 2.33 bits per heavy atom. The Morgan fingerprint density at radius 2 is 2.07 bits per heavy atom. The van der Waals surface area contributed by atoms with Gasteiger partial charge in [0.1, 0.15) is 0 Å². The first-order valence-electron chi connectivity index (χ1n) is 5.36. The summed E-state index contributed by atoms with van der Waals surface area (Å²) in [5.41, 5.74) is -1.60. The normalized spacial score (nSPS) is 35.8. The van der Waals surface area contributed by atoms with E-state index in [4.69, 9.17) is 11.6 Å². The third-order valence-electron chi connectivity index (χ3n) is 3.84. The number of rotatable bonds is 3. The molecule has 2 aliphatic rings. The number of hydrogen-bond acceptors (Lipinski definition) is 1. The topological polar surface area (TPSA) is 12.0 Å². The number of nitrogens with one attached hydrogen (secondary N) is 1. The molecule has 1 N–H and O–H groups in total. The fourth-order valence-corrected chi connectivity index (χ4v) is 2.99. The van der Waals surface area contributed by atoms with Crippen LogP contribution in [0.1, 0.15) is 26.2 Å². The average Bonchev–Trinajstić information content (AvgIpc) is 2.80. The van der Waals surface area contributed by atoms with Crippen LogP contribution in [-0.2, 0) is 0 Å². The van der Waals surface area contributed by atoms with Crippen molar-refractivity contribution in [2.45, 2.75) is 43.8 Å². The van der Waals surface area contributed by atoms with Crippen molar-refractivity contribution in [1.29, 1.82) is 0 Å². The van der Waals surface area contributed by atoms with Crippen molar-refractivity contribution in [2.75, 3.05) is 6.54 Å². The molecule has 2 rings (SSSR count). The van der Waals surface area contributed by atoms with Crippen LogP contribution in [0.5, 0.6) is 0 Å². The highest BCUT2D eigenvalue weighted by Gasteiger charge is 2.69. The highest BCUT2D eigenvalue weighted by Crippen LogP contribution is 2.62. The van der Waals surface area contributed by atoms with Gasteiger partial charge in [-0.25, -0.2) is 0 Å². The largest absolute Gasteiger partial charge is 0.395 e. The minimum Gasteiger partial charge on any atom is -0.312 e. The van der Waals surface area contributed by atoms with Crippen LogP contribution in [-0.4, -0.2) is 24.1 Å². The molecule has 1 saturated heterocycles. The number of hydrogen-bond donors (Lipinski definition) is 1. The smallest absolute Gasteiger partial charge is 0.312 e. The molecule has 1 aliphatic heterocycles. The molecule has 15 heavy (non-hydrogen) atoms. The Kier molecular flexibility index (Phi) is 2.70. The van der Waals surface area contributed by atoms with E-state index in [1.165, 1.54) is 0 Å². The van der Waals surface area contributed by atoms with E-state index in [9.17, 15) is 13.2 Å². The Bertz CT molecular complexity index is 248. The van der Waals surface area contributed by atoms with E-state index in [0.717, 1.165) is 13.0 Å². The molecular weight excluding hydrogens is 227 g/mol. The van der Waals surface area contributed by atoms with E-state index in [2.05, 4.69) is 5.32 Å². The molecule has 0 aromatic carbocycles. The molecule has 0 unspecified atom stereocenters. The van der Waals surface area contributed by atoms with Gasteiger partial charge in [0.15, 0.2) is 0 Å². The van der Waals surface area contributed by atoms with Gasteiger partial charge in [-0.05, 0) is 25.3 Å². The molecule has 0 amide bonds. The zero-order valence-electron chi connectivity index (χ0n) is 8.57. The number of alkyl halides is 4. The van der Waals surface area contributed by atoms with E-state index < -0.39 is 17.0 Å². The van der Waals surface area contributed by atoms with Crippen molar-refractivity contribution >= 4 is 11.6 Å². The summed E-state index contributed by atoms with van der Waals surface area (Å²) >= 11 is 6.01. The molecule has 0 radical (unpaired) electrons. The van der Waals surface area contributed by atoms with Gasteiger partial charge in [-0.1, -0.05) is 13.3 Å². The third kappa shape index (κ3) is 1.66. The van der Waals surface area contributed by atoms with E-state index in [0.29, 0.717) is 5.92 Å². The minimum absolute atomic E-state index is 0.152. The first-order valence-corrected chi connectivity index (χ1v) is 5.80. The van der Waals surface area contributed by atoms with Gasteiger partial charge >= 0.3 is 6.18 Å². The Balaban J connectivity index is 2.05. The third-order valence-corrected chi connectivity index (χ3v) is 4.53. The molecule has 0 aromatic rings. The van der Waals surface area contributed by atoms with E-state index in [1.807, 2.05) is 6.92 Å². The summed E-state index contributed by atoms with van der Waals surface area (Å²) in [6.45, 7) is 2.80. The predicted octanol–water partition coefficient (Wildman–Crippen LogP) is 2.93. The van der Waals surface area contributed by atoms with Crippen LogP contribution in [0.3, 0.4) is 0 Å². The van der Waals surface area contributed by atoms with Crippen LogP contribution >= 0.6 is 11.6 Å². The molecule has 1 aliphatic carbocycles. The summed E-state index contributed by atoms with van der Waals surface area (Å²) in [7, 11) is 0. The van der Waals surface area contributed by atoms with Crippen LogP contribution in [0.15, 0.2) is 0 Å². The Hall–Kier alpha value is 0.0400. The molecule has 1 saturated carbocycles. The molecule has 88 valence electrons. The fourth-order valence-electron chi connectivity index (χ4n) is 2.36. The van der Waals surface area contributed by atoms with Crippen molar-refractivity contribution in [3.63, 3.8) is 0 Å². The summed E-state index contributed by atoms with van der Waals surface area (Å²) in [5.74, 6) is 0.312. The minimum atomic E-state index is -4.14. The maximum absolute atomic E-state index is 12.8.